The molecule has 1 fully saturated rings. The van der Waals surface area contributed by atoms with Gasteiger partial charge in [0.15, 0.2) is 0 Å². The molecule has 0 aliphatic heterocycles. The molecule has 0 aromatic heterocycles. The van der Waals surface area contributed by atoms with Crippen molar-refractivity contribution in [1.29, 1.82) is 0 Å². The van der Waals surface area contributed by atoms with Gasteiger partial charge in [0, 0.05) is 18.8 Å². The van der Waals surface area contributed by atoms with Crippen LogP contribution in [0.25, 0.3) is 0 Å². The van der Waals surface area contributed by atoms with Crippen molar-refractivity contribution in [3.63, 3.8) is 0 Å². The Balaban J connectivity index is 2.55. The third kappa shape index (κ3) is 3.47. The maximum absolute atomic E-state index is 11.6. The van der Waals surface area contributed by atoms with Crippen molar-refractivity contribution >= 4 is 11.8 Å². The highest BCUT2D eigenvalue weighted by Gasteiger charge is 2.34. The van der Waals surface area contributed by atoms with Crippen molar-refractivity contribution in [2.24, 2.45) is 11.8 Å². The molecule has 1 rings (SSSR count). The van der Waals surface area contributed by atoms with Gasteiger partial charge >= 0.3 is 5.97 Å². The molecule has 16 heavy (non-hydrogen) atoms. The van der Waals surface area contributed by atoms with E-state index >= 15 is 0 Å². The molecule has 1 saturated carbocycles. The van der Waals surface area contributed by atoms with Crippen molar-refractivity contribution in [2.45, 2.75) is 39.0 Å². The summed E-state index contributed by atoms with van der Waals surface area (Å²) in [6, 6.07) is 0. The first-order valence-electron chi connectivity index (χ1n) is 5.95. The second-order valence-electron chi connectivity index (χ2n) is 4.29. The zero-order valence-electron chi connectivity index (χ0n) is 10.1. The van der Waals surface area contributed by atoms with Crippen LogP contribution in [0.2, 0.25) is 0 Å². The fourth-order valence-electron chi connectivity index (χ4n) is 2.14. The summed E-state index contributed by atoms with van der Waals surface area (Å²) in [5.41, 5.74) is 0. The summed E-state index contributed by atoms with van der Waals surface area (Å²) in [5, 5.41) is 0. The van der Waals surface area contributed by atoms with Gasteiger partial charge in [-0.25, -0.2) is 0 Å². The van der Waals surface area contributed by atoms with Gasteiger partial charge in [0.05, 0.1) is 7.11 Å². The summed E-state index contributed by atoms with van der Waals surface area (Å²) in [6.45, 7) is 2.10. The van der Waals surface area contributed by atoms with Crippen LogP contribution in [0.4, 0.5) is 0 Å². The number of hydrogen-bond donors (Lipinski definition) is 0. The van der Waals surface area contributed by atoms with E-state index in [1.54, 1.807) is 0 Å². The van der Waals surface area contributed by atoms with Crippen LogP contribution >= 0.6 is 0 Å². The Labute approximate surface area is 96.9 Å². The summed E-state index contributed by atoms with van der Waals surface area (Å²) in [4.78, 5) is 22.8. The van der Waals surface area contributed by atoms with E-state index in [1.807, 2.05) is 6.08 Å². The molecule has 0 N–H and O–H groups in total. The normalized spacial score (nSPS) is 25.2. The molecule has 0 heterocycles. The SMILES string of the molecule is CCC/C=C\C1C(=O)CCC1CC(=O)OC. The van der Waals surface area contributed by atoms with Crippen molar-refractivity contribution < 1.29 is 14.3 Å². The van der Waals surface area contributed by atoms with Crippen LogP contribution in [0, 0.1) is 11.8 Å². The molecule has 0 bridgehead atoms. The second kappa shape index (κ2) is 6.46. The number of unbranched alkanes of at least 4 members (excludes halogenated alkanes) is 1. The average Bonchev–Trinajstić information content (AvgIpc) is 2.61. The van der Waals surface area contributed by atoms with Crippen LogP contribution in [0.1, 0.15) is 39.0 Å². The van der Waals surface area contributed by atoms with Crippen molar-refractivity contribution in [1.82, 2.24) is 0 Å². The molecule has 2 atom stereocenters. The Morgan fingerprint density at radius 3 is 2.94 bits per heavy atom. The highest BCUT2D eigenvalue weighted by molar-refractivity contribution is 5.86. The minimum Gasteiger partial charge on any atom is -0.469 e. The molecule has 0 radical (unpaired) electrons. The predicted octanol–water partition coefficient (Wildman–Crippen LogP) is 2.50. The van der Waals surface area contributed by atoms with E-state index in [2.05, 4.69) is 17.7 Å². The quantitative estimate of drug-likeness (QED) is 0.532. The maximum Gasteiger partial charge on any atom is 0.305 e. The predicted molar refractivity (Wildman–Crippen MR) is 61.9 cm³/mol. The molecule has 90 valence electrons. The Kier molecular flexibility index (Phi) is 5.23. The number of ether oxygens (including phenoxy) is 1. The summed E-state index contributed by atoms with van der Waals surface area (Å²) in [7, 11) is 1.39. The molecule has 0 amide bonds. The largest absolute Gasteiger partial charge is 0.469 e. The second-order valence-corrected chi connectivity index (χ2v) is 4.29. The summed E-state index contributed by atoms with van der Waals surface area (Å²) >= 11 is 0. The molecule has 1 aliphatic rings. The van der Waals surface area contributed by atoms with Crippen LogP contribution in [0.15, 0.2) is 12.2 Å². The van der Waals surface area contributed by atoms with Crippen molar-refractivity contribution in [3.8, 4) is 0 Å². The van der Waals surface area contributed by atoms with E-state index in [9.17, 15) is 9.59 Å². The molecular weight excluding hydrogens is 204 g/mol. The number of carbonyl (C=O) groups is 2. The Bertz CT molecular complexity index is 281. The number of methoxy groups -OCH3 is 1. The van der Waals surface area contributed by atoms with E-state index < -0.39 is 0 Å². The zero-order chi connectivity index (χ0) is 12.0. The van der Waals surface area contributed by atoms with Crippen molar-refractivity contribution in [2.75, 3.05) is 7.11 Å². The van der Waals surface area contributed by atoms with Gasteiger partial charge in [-0.3, -0.25) is 9.59 Å². The van der Waals surface area contributed by atoms with Crippen LogP contribution in [-0.4, -0.2) is 18.9 Å². The van der Waals surface area contributed by atoms with E-state index in [4.69, 9.17) is 0 Å². The van der Waals surface area contributed by atoms with Crippen LogP contribution in [0.3, 0.4) is 0 Å². The smallest absolute Gasteiger partial charge is 0.305 e. The zero-order valence-corrected chi connectivity index (χ0v) is 10.1. The van der Waals surface area contributed by atoms with Crippen LogP contribution in [-0.2, 0) is 14.3 Å². The fraction of sp³-hybridized carbons (Fsp3) is 0.692. The van der Waals surface area contributed by atoms with Gasteiger partial charge in [0.1, 0.15) is 5.78 Å². The molecular formula is C13H20O3. The molecule has 3 heteroatoms. The first-order chi connectivity index (χ1) is 7.69. The van der Waals surface area contributed by atoms with Gasteiger partial charge in [-0.05, 0) is 18.8 Å². The topological polar surface area (TPSA) is 43.4 Å². The third-order valence-electron chi connectivity index (χ3n) is 3.10. The van der Waals surface area contributed by atoms with Crippen LogP contribution < -0.4 is 0 Å². The molecule has 0 aromatic rings. The lowest BCUT2D eigenvalue weighted by molar-refractivity contribution is -0.141. The number of hydrogen-bond acceptors (Lipinski definition) is 3. The van der Waals surface area contributed by atoms with E-state index in [0.717, 1.165) is 19.3 Å². The lowest BCUT2D eigenvalue weighted by atomic mass is 9.92. The Morgan fingerprint density at radius 2 is 2.31 bits per heavy atom. The fourth-order valence-corrected chi connectivity index (χ4v) is 2.14. The monoisotopic (exact) mass is 224 g/mol. The van der Waals surface area contributed by atoms with E-state index in [-0.39, 0.29) is 23.6 Å². The lowest BCUT2D eigenvalue weighted by Gasteiger charge is -2.13. The molecule has 0 saturated heterocycles. The number of rotatable bonds is 5. The first-order valence-corrected chi connectivity index (χ1v) is 5.95. The Morgan fingerprint density at radius 1 is 1.56 bits per heavy atom. The minimum atomic E-state index is -0.214. The number of carbonyl (C=O) groups excluding carboxylic acids is 2. The van der Waals surface area contributed by atoms with Gasteiger partial charge in [-0.15, -0.1) is 0 Å². The lowest BCUT2D eigenvalue weighted by Crippen LogP contribution is -2.16. The first kappa shape index (κ1) is 12.9. The van der Waals surface area contributed by atoms with E-state index in [1.165, 1.54) is 7.11 Å². The minimum absolute atomic E-state index is 0.0642. The Hall–Kier alpha value is -1.12. The number of allylic oxidation sites excluding steroid dienone is 2. The standard InChI is InChI=1S/C13H20O3/c1-3-4-5-6-11-10(7-8-12(11)14)9-13(15)16-2/h5-6,10-11H,3-4,7-9H2,1-2H3/b6-5-. The van der Waals surface area contributed by atoms with Crippen molar-refractivity contribution in [3.05, 3.63) is 12.2 Å². The molecule has 3 nitrogen and oxygen atoms in total. The highest BCUT2D eigenvalue weighted by Crippen LogP contribution is 2.32. The molecule has 1 aliphatic carbocycles. The maximum atomic E-state index is 11.6. The highest BCUT2D eigenvalue weighted by atomic mass is 16.5. The van der Waals surface area contributed by atoms with E-state index in [0.29, 0.717) is 12.8 Å². The number of esters is 1. The van der Waals surface area contributed by atoms with Gasteiger partial charge in [0.2, 0.25) is 0 Å². The molecule has 0 spiro atoms. The third-order valence-corrected chi connectivity index (χ3v) is 3.10. The average molecular weight is 224 g/mol. The van der Waals surface area contributed by atoms with Gasteiger partial charge in [0.25, 0.3) is 0 Å². The van der Waals surface area contributed by atoms with Gasteiger partial charge in [-0.1, -0.05) is 25.5 Å². The van der Waals surface area contributed by atoms with Gasteiger partial charge < -0.3 is 4.74 Å². The summed E-state index contributed by atoms with van der Waals surface area (Å²) < 4.78 is 4.65. The number of ketones is 1. The molecule has 0 aromatic carbocycles. The molecule has 2 unspecified atom stereocenters. The number of Topliss-reactive ketones (excluding diaryl/α,β-unsaturated/α-hetero) is 1. The summed E-state index contributed by atoms with van der Waals surface area (Å²) in [6.07, 6.45) is 7.89. The summed E-state index contributed by atoms with van der Waals surface area (Å²) in [5.74, 6) is 0.133. The van der Waals surface area contributed by atoms with Crippen LogP contribution in [0.5, 0.6) is 0 Å². The van der Waals surface area contributed by atoms with Gasteiger partial charge in [-0.2, -0.15) is 0 Å².